The van der Waals surface area contributed by atoms with E-state index in [2.05, 4.69) is 0 Å². The van der Waals surface area contributed by atoms with Gasteiger partial charge in [-0.1, -0.05) is 37.6 Å². The summed E-state index contributed by atoms with van der Waals surface area (Å²) in [6.07, 6.45) is 1.88. The van der Waals surface area contributed by atoms with Gasteiger partial charge in [0.05, 0.1) is 5.75 Å². The summed E-state index contributed by atoms with van der Waals surface area (Å²) in [5.41, 5.74) is 7.30. The highest BCUT2D eigenvalue weighted by Crippen LogP contribution is 2.12. The molecule has 0 amide bonds. The van der Waals surface area contributed by atoms with Gasteiger partial charge in [0.1, 0.15) is 0 Å². The zero-order valence-corrected chi connectivity index (χ0v) is 11.9. The molecule has 0 heterocycles. The minimum Gasteiger partial charge on any atom is -0.326 e. The molecule has 1 rings (SSSR count). The van der Waals surface area contributed by atoms with Crippen molar-refractivity contribution < 1.29 is 8.42 Å². The minimum atomic E-state index is -3.22. The molecule has 18 heavy (non-hydrogen) atoms. The van der Waals surface area contributed by atoms with Crippen LogP contribution in [0.4, 0.5) is 0 Å². The van der Waals surface area contributed by atoms with Crippen LogP contribution in [-0.4, -0.2) is 26.3 Å². The molecule has 1 aromatic rings. The SMILES string of the molecule is CCCCN(C)S(=O)(=O)Cc1cccc(CN)c1. The Hall–Kier alpha value is -0.910. The first-order valence-electron chi connectivity index (χ1n) is 6.21. The van der Waals surface area contributed by atoms with E-state index in [1.165, 1.54) is 4.31 Å². The van der Waals surface area contributed by atoms with Crippen LogP contribution in [0, 0.1) is 0 Å². The van der Waals surface area contributed by atoms with Gasteiger partial charge in [0.2, 0.25) is 10.0 Å². The molecule has 2 N–H and O–H groups in total. The van der Waals surface area contributed by atoms with Crippen LogP contribution in [0.1, 0.15) is 30.9 Å². The molecule has 5 heteroatoms. The Bertz CT molecular complexity index is 472. The lowest BCUT2D eigenvalue weighted by Crippen LogP contribution is -2.29. The number of sulfonamides is 1. The van der Waals surface area contributed by atoms with Crippen molar-refractivity contribution in [3.63, 3.8) is 0 Å². The molecule has 0 aliphatic carbocycles. The predicted octanol–water partition coefficient (Wildman–Crippen LogP) is 1.71. The number of hydrogen-bond donors (Lipinski definition) is 1. The molecular formula is C13H22N2O2S. The molecule has 1 aromatic carbocycles. The number of nitrogens with zero attached hydrogens (tertiary/aromatic N) is 1. The molecule has 0 bridgehead atoms. The molecule has 0 spiro atoms. The Kier molecular flexibility index (Phi) is 5.78. The Morgan fingerprint density at radius 2 is 1.94 bits per heavy atom. The van der Waals surface area contributed by atoms with Gasteiger partial charge in [-0.05, 0) is 17.5 Å². The normalized spacial score (nSPS) is 12.0. The first-order valence-corrected chi connectivity index (χ1v) is 7.82. The summed E-state index contributed by atoms with van der Waals surface area (Å²) in [6.45, 7) is 3.06. The van der Waals surface area contributed by atoms with Crippen LogP contribution >= 0.6 is 0 Å². The molecule has 0 aliphatic heterocycles. The summed E-state index contributed by atoms with van der Waals surface area (Å²) >= 11 is 0. The molecule has 0 aliphatic rings. The summed E-state index contributed by atoms with van der Waals surface area (Å²) in [4.78, 5) is 0. The molecule has 102 valence electrons. The predicted molar refractivity (Wildman–Crippen MR) is 74.5 cm³/mol. The van der Waals surface area contributed by atoms with E-state index in [1.54, 1.807) is 7.05 Å². The average molecular weight is 270 g/mol. The molecule has 0 atom stereocenters. The van der Waals surface area contributed by atoms with Gasteiger partial charge in [0.15, 0.2) is 0 Å². The summed E-state index contributed by atoms with van der Waals surface area (Å²) < 4.78 is 25.6. The van der Waals surface area contributed by atoms with Crippen LogP contribution < -0.4 is 5.73 Å². The van der Waals surface area contributed by atoms with Gasteiger partial charge in [-0.15, -0.1) is 0 Å². The minimum absolute atomic E-state index is 0.0427. The molecular weight excluding hydrogens is 248 g/mol. The molecule has 0 saturated carbocycles. The molecule has 0 saturated heterocycles. The Morgan fingerprint density at radius 1 is 1.28 bits per heavy atom. The van der Waals surface area contributed by atoms with Crippen LogP contribution in [0.25, 0.3) is 0 Å². The first kappa shape index (κ1) is 15.1. The average Bonchev–Trinajstić information content (AvgIpc) is 2.35. The molecule has 0 radical (unpaired) electrons. The van der Waals surface area contributed by atoms with E-state index in [-0.39, 0.29) is 5.75 Å². The van der Waals surface area contributed by atoms with Gasteiger partial charge < -0.3 is 5.73 Å². The lowest BCUT2D eigenvalue weighted by molar-refractivity contribution is 0.458. The molecule has 0 aromatic heterocycles. The van der Waals surface area contributed by atoms with Gasteiger partial charge in [0, 0.05) is 20.1 Å². The fourth-order valence-electron chi connectivity index (χ4n) is 1.69. The number of unbranched alkanes of at least 4 members (excludes halogenated alkanes) is 1. The maximum atomic E-state index is 12.1. The summed E-state index contributed by atoms with van der Waals surface area (Å²) in [5, 5.41) is 0. The van der Waals surface area contributed by atoms with Crippen molar-refractivity contribution >= 4 is 10.0 Å². The maximum Gasteiger partial charge on any atom is 0.218 e. The Labute approximate surface area is 110 Å². The molecule has 0 fully saturated rings. The highest BCUT2D eigenvalue weighted by molar-refractivity contribution is 7.88. The highest BCUT2D eigenvalue weighted by atomic mass is 32.2. The van der Waals surface area contributed by atoms with E-state index in [0.29, 0.717) is 13.1 Å². The highest BCUT2D eigenvalue weighted by Gasteiger charge is 2.17. The third kappa shape index (κ3) is 4.40. The van der Waals surface area contributed by atoms with Crippen LogP contribution in [-0.2, 0) is 22.3 Å². The Balaban J connectivity index is 2.75. The quantitative estimate of drug-likeness (QED) is 0.820. The van der Waals surface area contributed by atoms with Gasteiger partial charge in [0.25, 0.3) is 0 Å². The number of rotatable bonds is 7. The van der Waals surface area contributed by atoms with E-state index in [9.17, 15) is 8.42 Å². The van der Waals surface area contributed by atoms with Crippen molar-refractivity contribution in [1.82, 2.24) is 4.31 Å². The first-order chi connectivity index (χ1) is 8.49. The van der Waals surface area contributed by atoms with Crippen molar-refractivity contribution in [1.29, 1.82) is 0 Å². The van der Waals surface area contributed by atoms with E-state index in [0.717, 1.165) is 24.0 Å². The summed E-state index contributed by atoms with van der Waals surface area (Å²) in [5.74, 6) is 0.0427. The van der Waals surface area contributed by atoms with Crippen molar-refractivity contribution in [2.24, 2.45) is 5.73 Å². The number of benzene rings is 1. The second-order valence-corrected chi connectivity index (χ2v) is 6.53. The second kappa shape index (κ2) is 6.87. The van der Waals surface area contributed by atoms with E-state index in [4.69, 9.17) is 5.73 Å². The smallest absolute Gasteiger partial charge is 0.218 e. The summed E-state index contributed by atoms with van der Waals surface area (Å²) in [7, 11) is -1.58. The van der Waals surface area contributed by atoms with Crippen LogP contribution in [0.5, 0.6) is 0 Å². The lowest BCUT2D eigenvalue weighted by atomic mass is 10.1. The third-order valence-corrected chi connectivity index (χ3v) is 4.71. The number of nitrogens with two attached hydrogens (primary N) is 1. The topological polar surface area (TPSA) is 63.4 Å². The van der Waals surface area contributed by atoms with Gasteiger partial charge in [-0.25, -0.2) is 12.7 Å². The molecule has 4 nitrogen and oxygen atoms in total. The van der Waals surface area contributed by atoms with Gasteiger partial charge in [-0.2, -0.15) is 0 Å². The fourth-order valence-corrected chi connectivity index (χ4v) is 2.92. The largest absolute Gasteiger partial charge is 0.326 e. The van der Waals surface area contributed by atoms with Crippen LogP contribution in [0.2, 0.25) is 0 Å². The van der Waals surface area contributed by atoms with Crippen molar-refractivity contribution in [3.05, 3.63) is 35.4 Å². The fraction of sp³-hybridized carbons (Fsp3) is 0.538. The lowest BCUT2D eigenvalue weighted by Gasteiger charge is -2.16. The van der Waals surface area contributed by atoms with Crippen molar-refractivity contribution in [2.75, 3.05) is 13.6 Å². The zero-order valence-electron chi connectivity index (χ0n) is 11.1. The van der Waals surface area contributed by atoms with Crippen molar-refractivity contribution in [3.8, 4) is 0 Å². The van der Waals surface area contributed by atoms with Crippen molar-refractivity contribution in [2.45, 2.75) is 32.1 Å². The zero-order chi connectivity index (χ0) is 13.6. The molecule has 0 unspecified atom stereocenters. The maximum absolute atomic E-state index is 12.1. The van der Waals surface area contributed by atoms with E-state index in [1.807, 2.05) is 31.2 Å². The van der Waals surface area contributed by atoms with Crippen LogP contribution in [0.15, 0.2) is 24.3 Å². The second-order valence-electron chi connectivity index (χ2n) is 4.46. The standard InChI is InChI=1S/C13H22N2O2S/c1-3-4-8-15(2)18(16,17)11-13-7-5-6-12(9-13)10-14/h5-7,9H,3-4,8,10-11,14H2,1-2H3. The van der Waals surface area contributed by atoms with Gasteiger partial charge in [-0.3, -0.25) is 0 Å². The summed E-state index contributed by atoms with van der Waals surface area (Å²) in [6, 6.07) is 7.42. The number of hydrogen-bond acceptors (Lipinski definition) is 3. The van der Waals surface area contributed by atoms with E-state index < -0.39 is 10.0 Å². The third-order valence-electron chi connectivity index (χ3n) is 2.88. The van der Waals surface area contributed by atoms with Gasteiger partial charge >= 0.3 is 0 Å². The monoisotopic (exact) mass is 270 g/mol. The Morgan fingerprint density at radius 3 is 2.56 bits per heavy atom. The van der Waals surface area contributed by atoms with E-state index >= 15 is 0 Å². The van der Waals surface area contributed by atoms with Crippen LogP contribution in [0.3, 0.4) is 0 Å².